The predicted octanol–water partition coefficient (Wildman–Crippen LogP) is 0.627. The van der Waals surface area contributed by atoms with Crippen molar-refractivity contribution in [3.05, 3.63) is 0 Å². The summed E-state index contributed by atoms with van der Waals surface area (Å²) in [5.74, 6) is 1.44. The van der Waals surface area contributed by atoms with Crippen LogP contribution in [0.15, 0.2) is 0 Å². The number of carbonyl (C=O) groups is 2. The summed E-state index contributed by atoms with van der Waals surface area (Å²) in [5.41, 5.74) is 0. The number of amides is 2. The molecule has 17 heavy (non-hydrogen) atoms. The maximum atomic E-state index is 12.2. The van der Waals surface area contributed by atoms with Crippen LogP contribution in [0.3, 0.4) is 0 Å². The number of imide groups is 1. The molecule has 0 bridgehead atoms. The van der Waals surface area contributed by atoms with Crippen molar-refractivity contribution in [3.8, 4) is 0 Å². The van der Waals surface area contributed by atoms with Gasteiger partial charge in [0.1, 0.15) is 0 Å². The molecule has 2 unspecified atom stereocenters. The van der Waals surface area contributed by atoms with Crippen molar-refractivity contribution < 1.29 is 9.59 Å². The van der Waals surface area contributed by atoms with Gasteiger partial charge in [0.05, 0.1) is 11.8 Å². The fourth-order valence-corrected chi connectivity index (χ4v) is 3.43. The molecule has 2 heterocycles. The fraction of sp³-hybridized carbons (Fsp3) is 0.846. The van der Waals surface area contributed by atoms with E-state index in [2.05, 4.69) is 12.2 Å². The van der Waals surface area contributed by atoms with Crippen LogP contribution in [-0.4, -0.2) is 36.3 Å². The molecule has 3 fully saturated rings. The molecule has 0 aromatic heterocycles. The first-order chi connectivity index (χ1) is 8.16. The Labute approximate surface area is 102 Å². The Hall–Kier alpha value is -0.900. The summed E-state index contributed by atoms with van der Waals surface area (Å²) >= 11 is 0. The van der Waals surface area contributed by atoms with Gasteiger partial charge in [-0.15, -0.1) is 0 Å². The van der Waals surface area contributed by atoms with Crippen molar-refractivity contribution in [1.29, 1.82) is 0 Å². The van der Waals surface area contributed by atoms with Gasteiger partial charge in [0.25, 0.3) is 0 Å². The summed E-state index contributed by atoms with van der Waals surface area (Å²) in [6, 6.07) is 0. The Morgan fingerprint density at radius 3 is 2.24 bits per heavy atom. The number of hydrogen-bond donors (Lipinski definition) is 1. The molecule has 3 aliphatic rings. The Morgan fingerprint density at radius 1 is 1.18 bits per heavy atom. The largest absolute Gasteiger partial charge is 0.316 e. The topological polar surface area (TPSA) is 49.4 Å². The van der Waals surface area contributed by atoms with Crippen LogP contribution < -0.4 is 5.32 Å². The van der Waals surface area contributed by atoms with Crippen LogP contribution in [0, 0.1) is 23.7 Å². The zero-order valence-electron chi connectivity index (χ0n) is 10.3. The first kappa shape index (κ1) is 11.2. The highest BCUT2D eigenvalue weighted by molar-refractivity contribution is 6.05. The third-order valence-electron chi connectivity index (χ3n) is 4.59. The number of rotatable bonds is 3. The smallest absolute Gasteiger partial charge is 0.233 e. The lowest BCUT2D eigenvalue weighted by molar-refractivity contribution is -0.140. The molecule has 0 aromatic rings. The highest BCUT2D eigenvalue weighted by Gasteiger charge is 2.51. The van der Waals surface area contributed by atoms with Crippen molar-refractivity contribution in [2.24, 2.45) is 23.7 Å². The SMILES string of the molecule is CC1CC2C(=O)N(CCC3CNC3)C(=O)C2C1. The van der Waals surface area contributed by atoms with E-state index < -0.39 is 0 Å². The normalized spacial score (nSPS) is 37.5. The molecule has 4 heteroatoms. The van der Waals surface area contributed by atoms with Crippen molar-refractivity contribution >= 4 is 11.8 Å². The van der Waals surface area contributed by atoms with Crippen molar-refractivity contribution in [3.63, 3.8) is 0 Å². The lowest BCUT2D eigenvalue weighted by atomic mass is 9.99. The van der Waals surface area contributed by atoms with Gasteiger partial charge >= 0.3 is 0 Å². The van der Waals surface area contributed by atoms with Crippen molar-refractivity contribution in [1.82, 2.24) is 10.2 Å². The van der Waals surface area contributed by atoms with E-state index in [9.17, 15) is 9.59 Å². The molecule has 4 nitrogen and oxygen atoms in total. The van der Waals surface area contributed by atoms with Gasteiger partial charge in [-0.05, 0) is 44.2 Å². The summed E-state index contributed by atoms with van der Waals surface area (Å²) in [4.78, 5) is 25.8. The zero-order chi connectivity index (χ0) is 12.0. The van der Waals surface area contributed by atoms with Crippen LogP contribution in [0.1, 0.15) is 26.2 Å². The molecule has 94 valence electrons. The monoisotopic (exact) mass is 236 g/mol. The minimum absolute atomic E-state index is 0.0111. The maximum Gasteiger partial charge on any atom is 0.233 e. The van der Waals surface area contributed by atoms with Crippen LogP contribution in [0.5, 0.6) is 0 Å². The van der Waals surface area contributed by atoms with E-state index in [0.717, 1.165) is 32.4 Å². The van der Waals surface area contributed by atoms with E-state index >= 15 is 0 Å². The lowest BCUT2D eigenvalue weighted by Crippen LogP contribution is -2.44. The Kier molecular flexibility index (Phi) is 2.69. The molecular weight excluding hydrogens is 216 g/mol. The Bertz CT molecular complexity index is 327. The van der Waals surface area contributed by atoms with Gasteiger partial charge in [-0.1, -0.05) is 6.92 Å². The highest BCUT2D eigenvalue weighted by atomic mass is 16.2. The highest BCUT2D eigenvalue weighted by Crippen LogP contribution is 2.42. The van der Waals surface area contributed by atoms with Crippen LogP contribution >= 0.6 is 0 Å². The first-order valence-electron chi connectivity index (χ1n) is 6.72. The second-order valence-corrected chi connectivity index (χ2v) is 5.93. The number of nitrogens with one attached hydrogen (secondary N) is 1. The standard InChI is InChI=1S/C13H20N2O2/c1-8-4-10-11(5-8)13(17)15(12(10)16)3-2-9-6-14-7-9/h8-11,14H,2-7H2,1H3. The van der Waals surface area contributed by atoms with Gasteiger partial charge in [0, 0.05) is 6.54 Å². The maximum absolute atomic E-state index is 12.2. The van der Waals surface area contributed by atoms with Crippen LogP contribution in [-0.2, 0) is 9.59 Å². The number of carbonyl (C=O) groups excluding carboxylic acids is 2. The van der Waals surface area contributed by atoms with Gasteiger partial charge in [0.2, 0.25) is 11.8 Å². The zero-order valence-corrected chi connectivity index (χ0v) is 10.3. The van der Waals surface area contributed by atoms with Gasteiger partial charge in [-0.3, -0.25) is 14.5 Å². The average molecular weight is 236 g/mol. The fourth-order valence-electron chi connectivity index (χ4n) is 3.43. The van der Waals surface area contributed by atoms with Crippen LogP contribution in [0.2, 0.25) is 0 Å². The summed E-state index contributed by atoms with van der Waals surface area (Å²) in [7, 11) is 0. The Morgan fingerprint density at radius 2 is 1.76 bits per heavy atom. The minimum atomic E-state index is 0.0111. The summed E-state index contributed by atoms with van der Waals surface area (Å²) in [6.45, 7) is 4.87. The molecule has 1 saturated carbocycles. The van der Waals surface area contributed by atoms with Crippen LogP contribution in [0.4, 0.5) is 0 Å². The van der Waals surface area contributed by atoms with Crippen LogP contribution in [0.25, 0.3) is 0 Å². The number of fused-ring (bicyclic) bond motifs is 1. The van der Waals surface area contributed by atoms with E-state index in [4.69, 9.17) is 0 Å². The predicted molar refractivity (Wildman–Crippen MR) is 63.1 cm³/mol. The quantitative estimate of drug-likeness (QED) is 0.731. The second-order valence-electron chi connectivity index (χ2n) is 5.93. The third-order valence-corrected chi connectivity index (χ3v) is 4.59. The second kappa shape index (κ2) is 4.09. The van der Waals surface area contributed by atoms with Crippen molar-refractivity contribution in [2.45, 2.75) is 26.2 Å². The van der Waals surface area contributed by atoms with E-state index in [-0.39, 0.29) is 23.7 Å². The molecule has 0 spiro atoms. The molecule has 1 N–H and O–H groups in total. The molecule has 0 radical (unpaired) electrons. The number of hydrogen-bond acceptors (Lipinski definition) is 3. The minimum Gasteiger partial charge on any atom is -0.316 e. The molecular formula is C13H20N2O2. The summed E-state index contributed by atoms with van der Waals surface area (Å²) in [5, 5.41) is 3.22. The van der Waals surface area contributed by atoms with E-state index in [1.54, 1.807) is 4.90 Å². The van der Waals surface area contributed by atoms with E-state index in [0.29, 0.717) is 18.4 Å². The first-order valence-corrected chi connectivity index (χ1v) is 6.72. The Balaban J connectivity index is 1.62. The van der Waals surface area contributed by atoms with Gasteiger partial charge < -0.3 is 5.32 Å². The van der Waals surface area contributed by atoms with Gasteiger partial charge in [-0.2, -0.15) is 0 Å². The summed E-state index contributed by atoms with van der Waals surface area (Å²) in [6.07, 6.45) is 2.80. The third kappa shape index (κ3) is 1.79. The summed E-state index contributed by atoms with van der Waals surface area (Å²) < 4.78 is 0. The number of likely N-dealkylation sites (tertiary alicyclic amines) is 1. The lowest BCUT2D eigenvalue weighted by Gasteiger charge is -2.28. The molecule has 2 saturated heterocycles. The molecule has 2 aliphatic heterocycles. The molecule has 0 aromatic carbocycles. The molecule has 3 rings (SSSR count). The van der Waals surface area contributed by atoms with Gasteiger partial charge in [-0.25, -0.2) is 0 Å². The van der Waals surface area contributed by atoms with E-state index in [1.807, 2.05) is 0 Å². The average Bonchev–Trinajstić information content (AvgIpc) is 2.70. The van der Waals surface area contributed by atoms with E-state index in [1.165, 1.54) is 0 Å². The van der Waals surface area contributed by atoms with Gasteiger partial charge in [0.15, 0.2) is 0 Å². The number of nitrogens with zero attached hydrogens (tertiary/aromatic N) is 1. The van der Waals surface area contributed by atoms with Crippen molar-refractivity contribution in [2.75, 3.05) is 19.6 Å². The molecule has 1 aliphatic carbocycles. The molecule has 2 amide bonds. The molecule has 2 atom stereocenters.